The molecule has 1 aliphatic heterocycles. The standard InChI is InChI=1S/C18H14N2O5S2/c1-24-14-8-11(13(20(22)23)10-15(14)25-2)9-16-17(21)19(18(26)27-16)12-6-4-3-5-7-12/h3-10H,1-2H3/b16-9-. The molecule has 0 radical (unpaired) electrons. The van der Waals surface area contributed by atoms with Crippen LogP contribution in [0, 0.1) is 10.1 Å². The van der Waals surface area contributed by atoms with Crippen LogP contribution in [0.25, 0.3) is 6.08 Å². The van der Waals surface area contributed by atoms with Crippen molar-refractivity contribution in [1.29, 1.82) is 0 Å². The SMILES string of the molecule is COc1cc(/C=C2\SC(=S)N(c3ccccc3)C2=O)c([N+](=O)[O-])cc1OC. The Balaban J connectivity index is 2.05. The van der Waals surface area contributed by atoms with Crippen molar-refractivity contribution in [1.82, 2.24) is 0 Å². The van der Waals surface area contributed by atoms with Gasteiger partial charge in [-0.15, -0.1) is 0 Å². The van der Waals surface area contributed by atoms with Gasteiger partial charge < -0.3 is 9.47 Å². The van der Waals surface area contributed by atoms with Crippen LogP contribution in [0.15, 0.2) is 47.4 Å². The Morgan fingerprint density at radius 3 is 2.37 bits per heavy atom. The lowest BCUT2D eigenvalue weighted by Gasteiger charge is -2.13. The quantitative estimate of drug-likeness (QED) is 0.323. The fourth-order valence-electron chi connectivity index (χ4n) is 2.57. The lowest BCUT2D eigenvalue weighted by molar-refractivity contribution is -0.385. The second kappa shape index (κ2) is 7.77. The van der Waals surface area contributed by atoms with E-state index in [0.29, 0.717) is 20.7 Å². The van der Waals surface area contributed by atoms with Crippen LogP contribution < -0.4 is 14.4 Å². The fraction of sp³-hybridized carbons (Fsp3) is 0.111. The molecule has 0 unspecified atom stereocenters. The van der Waals surface area contributed by atoms with Gasteiger partial charge in [-0.25, -0.2) is 0 Å². The van der Waals surface area contributed by atoms with Crippen molar-refractivity contribution >= 4 is 51.7 Å². The molecule has 2 aromatic rings. The number of rotatable bonds is 5. The van der Waals surface area contributed by atoms with Gasteiger partial charge in [0.25, 0.3) is 11.6 Å². The molecule has 0 aliphatic carbocycles. The highest BCUT2D eigenvalue weighted by Crippen LogP contribution is 2.40. The number of hydrogen-bond donors (Lipinski definition) is 0. The largest absolute Gasteiger partial charge is 0.493 e. The minimum absolute atomic E-state index is 0.197. The number of benzene rings is 2. The maximum atomic E-state index is 12.8. The number of hydrogen-bond acceptors (Lipinski definition) is 7. The van der Waals surface area contributed by atoms with Gasteiger partial charge in [0.15, 0.2) is 15.8 Å². The van der Waals surface area contributed by atoms with Gasteiger partial charge in [-0.1, -0.05) is 42.2 Å². The molecule has 0 aromatic heterocycles. The fourth-order valence-corrected chi connectivity index (χ4v) is 3.86. The third-order valence-corrected chi connectivity index (χ3v) is 5.13. The highest BCUT2D eigenvalue weighted by atomic mass is 32.2. The smallest absolute Gasteiger partial charge is 0.280 e. The average Bonchev–Trinajstić information content (AvgIpc) is 2.95. The topological polar surface area (TPSA) is 81.9 Å². The average molecular weight is 402 g/mol. The number of carbonyl (C=O) groups excluding carboxylic acids is 1. The van der Waals surface area contributed by atoms with Crippen molar-refractivity contribution in [2.45, 2.75) is 0 Å². The van der Waals surface area contributed by atoms with Crippen molar-refractivity contribution < 1.29 is 19.2 Å². The van der Waals surface area contributed by atoms with Crippen LogP contribution in [-0.2, 0) is 4.79 Å². The van der Waals surface area contributed by atoms with Crippen LogP contribution in [-0.4, -0.2) is 29.4 Å². The number of amides is 1. The Bertz CT molecular complexity index is 960. The van der Waals surface area contributed by atoms with Crippen LogP contribution in [0.4, 0.5) is 11.4 Å². The van der Waals surface area contributed by atoms with Crippen molar-refractivity contribution in [2.75, 3.05) is 19.1 Å². The minimum atomic E-state index is -0.536. The van der Waals surface area contributed by atoms with Gasteiger partial charge >= 0.3 is 0 Å². The number of para-hydroxylation sites is 1. The molecule has 0 spiro atoms. The Hall–Kier alpha value is -2.91. The van der Waals surface area contributed by atoms with E-state index in [1.165, 1.54) is 37.3 Å². The van der Waals surface area contributed by atoms with Crippen LogP contribution >= 0.6 is 24.0 Å². The first-order valence-corrected chi connectivity index (χ1v) is 8.92. The van der Waals surface area contributed by atoms with Crippen molar-refractivity contribution in [3.8, 4) is 11.5 Å². The number of ether oxygens (including phenoxy) is 2. The van der Waals surface area contributed by atoms with E-state index in [2.05, 4.69) is 0 Å². The zero-order valence-electron chi connectivity index (χ0n) is 14.4. The predicted molar refractivity (Wildman–Crippen MR) is 108 cm³/mol. The molecule has 0 saturated carbocycles. The summed E-state index contributed by atoms with van der Waals surface area (Å²) in [4.78, 5) is 25.4. The summed E-state index contributed by atoms with van der Waals surface area (Å²) in [5.74, 6) is 0.228. The number of nitro groups is 1. The number of nitrogens with zero attached hydrogens (tertiary/aromatic N) is 2. The maximum Gasteiger partial charge on any atom is 0.280 e. The molecular weight excluding hydrogens is 388 g/mol. The number of thioether (sulfide) groups is 1. The third kappa shape index (κ3) is 3.64. The molecule has 0 N–H and O–H groups in total. The first kappa shape index (κ1) is 18.9. The first-order valence-electron chi connectivity index (χ1n) is 7.69. The van der Waals surface area contributed by atoms with E-state index in [4.69, 9.17) is 21.7 Å². The first-order chi connectivity index (χ1) is 13.0. The van der Waals surface area contributed by atoms with Crippen molar-refractivity contribution in [3.63, 3.8) is 0 Å². The lowest BCUT2D eigenvalue weighted by Crippen LogP contribution is -2.27. The lowest BCUT2D eigenvalue weighted by atomic mass is 10.1. The van der Waals surface area contributed by atoms with Crippen LogP contribution in [0.3, 0.4) is 0 Å². The number of carbonyl (C=O) groups is 1. The predicted octanol–water partition coefficient (Wildman–Crippen LogP) is 4.02. The second-order valence-electron chi connectivity index (χ2n) is 5.38. The van der Waals surface area contributed by atoms with Gasteiger partial charge in [-0.3, -0.25) is 19.8 Å². The molecule has 1 heterocycles. The molecule has 1 amide bonds. The van der Waals surface area contributed by atoms with Crippen molar-refractivity contribution in [2.24, 2.45) is 0 Å². The molecule has 27 heavy (non-hydrogen) atoms. The van der Waals surface area contributed by atoms with Crippen LogP contribution in [0.2, 0.25) is 0 Å². The highest BCUT2D eigenvalue weighted by Gasteiger charge is 2.34. The number of methoxy groups -OCH3 is 2. The van der Waals surface area contributed by atoms with Gasteiger partial charge in [-0.05, 0) is 24.3 Å². The van der Waals surface area contributed by atoms with Gasteiger partial charge in [-0.2, -0.15) is 0 Å². The Morgan fingerprint density at radius 1 is 1.15 bits per heavy atom. The van der Waals surface area contributed by atoms with Gasteiger partial charge in [0.1, 0.15) is 0 Å². The number of thiocarbonyl (C=S) groups is 1. The monoisotopic (exact) mass is 402 g/mol. The van der Waals surface area contributed by atoms with E-state index in [1.54, 1.807) is 24.3 Å². The van der Waals surface area contributed by atoms with E-state index >= 15 is 0 Å². The molecule has 138 valence electrons. The molecule has 0 atom stereocenters. The Kier molecular flexibility index (Phi) is 5.43. The molecule has 1 saturated heterocycles. The summed E-state index contributed by atoms with van der Waals surface area (Å²) in [6.45, 7) is 0. The minimum Gasteiger partial charge on any atom is -0.493 e. The Morgan fingerprint density at radius 2 is 1.78 bits per heavy atom. The Labute approximate surface area is 164 Å². The molecule has 3 rings (SSSR count). The van der Waals surface area contributed by atoms with Crippen LogP contribution in [0.1, 0.15) is 5.56 Å². The van der Waals surface area contributed by atoms with E-state index in [0.717, 1.165) is 11.8 Å². The summed E-state index contributed by atoms with van der Waals surface area (Å²) in [6, 6.07) is 11.7. The molecule has 2 aromatic carbocycles. The zero-order chi connectivity index (χ0) is 19.6. The van der Waals surface area contributed by atoms with Gasteiger partial charge in [0.2, 0.25) is 0 Å². The molecule has 9 heteroatoms. The normalized spacial score (nSPS) is 15.3. The molecule has 0 bridgehead atoms. The molecule has 1 fully saturated rings. The summed E-state index contributed by atoms with van der Waals surface area (Å²) in [6.07, 6.45) is 1.45. The summed E-state index contributed by atoms with van der Waals surface area (Å²) < 4.78 is 10.7. The summed E-state index contributed by atoms with van der Waals surface area (Å²) in [5.41, 5.74) is 0.675. The zero-order valence-corrected chi connectivity index (χ0v) is 16.0. The second-order valence-corrected chi connectivity index (χ2v) is 7.05. The van der Waals surface area contributed by atoms with Crippen LogP contribution in [0.5, 0.6) is 11.5 Å². The maximum absolute atomic E-state index is 12.8. The van der Waals surface area contributed by atoms with E-state index < -0.39 is 4.92 Å². The molecular formula is C18H14N2O5S2. The summed E-state index contributed by atoms with van der Waals surface area (Å²) >= 11 is 6.40. The van der Waals surface area contributed by atoms with Crippen molar-refractivity contribution in [3.05, 3.63) is 63.0 Å². The van der Waals surface area contributed by atoms with E-state index in [9.17, 15) is 14.9 Å². The number of anilines is 1. The van der Waals surface area contributed by atoms with E-state index in [-0.39, 0.29) is 22.9 Å². The number of nitro benzene ring substituents is 1. The van der Waals surface area contributed by atoms with E-state index in [1.807, 2.05) is 6.07 Å². The third-order valence-electron chi connectivity index (χ3n) is 3.82. The summed E-state index contributed by atoms with van der Waals surface area (Å²) in [5, 5.41) is 11.4. The van der Waals surface area contributed by atoms with Gasteiger partial charge in [0.05, 0.1) is 41.4 Å². The molecule has 1 aliphatic rings. The highest BCUT2D eigenvalue weighted by molar-refractivity contribution is 8.27. The summed E-state index contributed by atoms with van der Waals surface area (Å²) in [7, 11) is 2.83. The van der Waals surface area contributed by atoms with Gasteiger partial charge in [0, 0.05) is 0 Å². The molecule has 7 nitrogen and oxygen atoms in total.